The van der Waals surface area contributed by atoms with Crippen LogP contribution in [0.15, 0.2) is 0 Å². The van der Waals surface area contributed by atoms with Crippen molar-refractivity contribution in [1.82, 2.24) is 10.4 Å². The number of anilines is 1. The Morgan fingerprint density at radius 3 is 2.73 bits per heavy atom. The van der Waals surface area contributed by atoms with E-state index in [0.29, 0.717) is 10.8 Å². The number of carbonyl (C=O) groups is 1. The maximum absolute atomic E-state index is 10.9. The second-order valence-electron chi connectivity index (χ2n) is 1.93. The normalized spacial score (nSPS) is 9.64. The Morgan fingerprint density at radius 1 is 1.73 bits per heavy atom. The maximum atomic E-state index is 10.9. The van der Waals surface area contributed by atoms with Gasteiger partial charge in [0.15, 0.2) is 5.13 Å². The van der Waals surface area contributed by atoms with Crippen molar-refractivity contribution in [3.8, 4) is 0 Å². The van der Waals surface area contributed by atoms with E-state index in [9.17, 15) is 4.79 Å². The minimum atomic E-state index is -0.407. The summed E-state index contributed by atoms with van der Waals surface area (Å²) in [6, 6.07) is 0. The highest BCUT2D eigenvalue weighted by Crippen LogP contribution is 2.18. The zero-order valence-corrected chi connectivity index (χ0v) is 6.73. The molecule has 1 heterocycles. The third-order valence-electron chi connectivity index (χ3n) is 1.16. The van der Waals surface area contributed by atoms with Gasteiger partial charge in [-0.2, -0.15) is 0 Å². The van der Waals surface area contributed by atoms with Gasteiger partial charge in [0.05, 0.1) is 0 Å². The fraction of sp³-hybridized carbons (Fsp3) is 0.200. The van der Waals surface area contributed by atoms with Crippen LogP contribution in [0.3, 0.4) is 0 Å². The van der Waals surface area contributed by atoms with Gasteiger partial charge in [0.25, 0.3) is 5.91 Å². The SMILES string of the molecule is Cc1sc(N)nc1C(=O)NN. The molecule has 0 unspecified atom stereocenters. The van der Waals surface area contributed by atoms with Crippen LogP contribution in [-0.2, 0) is 0 Å². The van der Waals surface area contributed by atoms with E-state index in [1.807, 2.05) is 5.43 Å². The Balaban J connectivity index is 3.03. The van der Waals surface area contributed by atoms with Crippen LogP contribution in [0.1, 0.15) is 15.4 Å². The molecular weight excluding hydrogens is 164 g/mol. The quantitative estimate of drug-likeness (QED) is 0.306. The fourth-order valence-electron chi connectivity index (χ4n) is 0.696. The van der Waals surface area contributed by atoms with Crippen molar-refractivity contribution in [3.63, 3.8) is 0 Å². The molecule has 5 N–H and O–H groups in total. The van der Waals surface area contributed by atoms with Crippen LogP contribution in [0.2, 0.25) is 0 Å². The number of hydrogen-bond donors (Lipinski definition) is 3. The fourth-order valence-corrected chi connectivity index (χ4v) is 1.38. The van der Waals surface area contributed by atoms with Gasteiger partial charge in [0, 0.05) is 4.88 Å². The molecular formula is C5H8N4OS. The van der Waals surface area contributed by atoms with Crippen molar-refractivity contribution in [1.29, 1.82) is 0 Å². The molecule has 0 saturated carbocycles. The molecule has 5 nitrogen and oxygen atoms in total. The number of aryl methyl sites for hydroxylation is 1. The lowest BCUT2D eigenvalue weighted by atomic mass is 10.4. The number of amides is 1. The van der Waals surface area contributed by atoms with Crippen molar-refractivity contribution in [2.45, 2.75) is 6.92 Å². The molecule has 0 radical (unpaired) electrons. The summed E-state index contributed by atoms with van der Waals surface area (Å²) in [4.78, 5) is 15.5. The van der Waals surface area contributed by atoms with Gasteiger partial charge in [-0.05, 0) is 6.92 Å². The second-order valence-corrected chi connectivity index (χ2v) is 3.17. The zero-order chi connectivity index (χ0) is 8.43. The van der Waals surface area contributed by atoms with E-state index >= 15 is 0 Å². The summed E-state index contributed by atoms with van der Waals surface area (Å²) in [6.45, 7) is 1.76. The Hall–Kier alpha value is -1.14. The molecule has 0 atom stereocenters. The molecule has 1 aromatic heterocycles. The van der Waals surface area contributed by atoms with Crippen molar-refractivity contribution in [2.24, 2.45) is 5.84 Å². The predicted octanol–water partition coefficient (Wildman–Crippen LogP) is -0.363. The van der Waals surface area contributed by atoms with Gasteiger partial charge in [-0.25, -0.2) is 10.8 Å². The number of nitrogens with one attached hydrogen (secondary N) is 1. The summed E-state index contributed by atoms with van der Waals surface area (Å²) in [5.74, 6) is 4.50. The highest BCUT2D eigenvalue weighted by Gasteiger charge is 2.11. The van der Waals surface area contributed by atoms with E-state index in [1.165, 1.54) is 11.3 Å². The molecule has 0 saturated heterocycles. The minimum Gasteiger partial charge on any atom is -0.375 e. The molecule has 0 aromatic carbocycles. The first kappa shape index (κ1) is 7.96. The molecule has 1 rings (SSSR count). The van der Waals surface area contributed by atoms with Crippen LogP contribution >= 0.6 is 11.3 Å². The van der Waals surface area contributed by atoms with Crippen LogP contribution in [0, 0.1) is 6.92 Å². The van der Waals surface area contributed by atoms with Gasteiger partial charge in [-0.1, -0.05) is 0 Å². The molecule has 0 aliphatic rings. The van der Waals surface area contributed by atoms with E-state index in [2.05, 4.69) is 4.98 Å². The largest absolute Gasteiger partial charge is 0.375 e. The number of hydrogen-bond acceptors (Lipinski definition) is 5. The van der Waals surface area contributed by atoms with Crippen molar-refractivity contribution in [2.75, 3.05) is 5.73 Å². The van der Waals surface area contributed by atoms with Crippen LogP contribution < -0.4 is 17.0 Å². The molecule has 60 valence electrons. The van der Waals surface area contributed by atoms with E-state index in [-0.39, 0.29) is 0 Å². The van der Waals surface area contributed by atoms with Crippen molar-refractivity contribution < 1.29 is 4.79 Å². The van der Waals surface area contributed by atoms with Crippen LogP contribution in [0.25, 0.3) is 0 Å². The summed E-state index contributed by atoms with van der Waals surface area (Å²) in [5, 5.41) is 0.376. The lowest BCUT2D eigenvalue weighted by Gasteiger charge is -1.93. The van der Waals surface area contributed by atoms with Gasteiger partial charge in [-0.3, -0.25) is 10.2 Å². The van der Waals surface area contributed by atoms with Crippen LogP contribution in [0.5, 0.6) is 0 Å². The average Bonchev–Trinajstić information content (AvgIpc) is 2.28. The topological polar surface area (TPSA) is 94.0 Å². The molecule has 0 aliphatic carbocycles. The minimum absolute atomic E-state index is 0.301. The lowest BCUT2D eigenvalue weighted by molar-refractivity contribution is 0.0949. The smallest absolute Gasteiger partial charge is 0.284 e. The van der Waals surface area contributed by atoms with Gasteiger partial charge in [0.1, 0.15) is 5.69 Å². The highest BCUT2D eigenvalue weighted by molar-refractivity contribution is 7.15. The lowest BCUT2D eigenvalue weighted by Crippen LogP contribution is -2.30. The van der Waals surface area contributed by atoms with Gasteiger partial charge >= 0.3 is 0 Å². The third kappa shape index (κ3) is 1.47. The Bertz CT molecular complexity index is 282. The van der Waals surface area contributed by atoms with Crippen LogP contribution in [0.4, 0.5) is 5.13 Å². The number of aromatic nitrogens is 1. The maximum Gasteiger partial charge on any atom is 0.284 e. The summed E-state index contributed by atoms with van der Waals surface area (Å²) in [7, 11) is 0. The number of rotatable bonds is 1. The molecule has 0 aliphatic heterocycles. The zero-order valence-electron chi connectivity index (χ0n) is 5.92. The molecule has 0 spiro atoms. The van der Waals surface area contributed by atoms with Gasteiger partial charge in [0.2, 0.25) is 0 Å². The standard InChI is InChI=1S/C5H8N4OS/c1-2-3(4(10)9-7)8-5(6)11-2/h7H2,1H3,(H2,6,8)(H,9,10). The molecule has 6 heteroatoms. The first-order valence-electron chi connectivity index (χ1n) is 2.89. The molecule has 11 heavy (non-hydrogen) atoms. The third-order valence-corrected chi connectivity index (χ3v) is 1.96. The van der Waals surface area contributed by atoms with Crippen molar-refractivity contribution in [3.05, 3.63) is 10.6 Å². The van der Waals surface area contributed by atoms with Gasteiger partial charge < -0.3 is 5.73 Å². The molecule has 1 aromatic rings. The Kier molecular flexibility index (Phi) is 2.06. The Labute approximate surface area is 67.4 Å². The number of nitrogens with zero attached hydrogens (tertiary/aromatic N) is 1. The summed E-state index contributed by atoms with van der Waals surface area (Å²) >= 11 is 1.26. The molecule has 0 fully saturated rings. The second kappa shape index (κ2) is 2.85. The van der Waals surface area contributed by atoms with Gasteiger partial charge in [-0.15, -0.1) is 11.3 Å². The number of hydrazine groups is 1. The molecule has 0 bridgehead atoms. The van der Waals surface area contributed by atoms with Crippen molar-refractivity contribution >= 4 is 22.4 Å². The Morgan fingerprint density at radius 2 is 2.36 bits per heavy atom. The average molecular weight is 172 g/mol. The van der Waals surface area contributed by atoms with E-state index in [1.54, 1.807) is 6.92 Å². The van der Waals surface area contributed by atoms with Crippen LogP contribution in [-0.4, -0.2) is 10.9 Å². The van der Waals surface area contributed by atoms with E-state index in [4.69, 9.17) is 11.6 Å². The summed E-state index contributed by atoms with van der Waals surface area (Å²) in [6.07, 6.45) is 0. The number of thiazole rings is 1. The first-order chi connectivity index (χ1) is 5.15. The highest BCUT2D eigenvalue weighted by atomic mass is 32.1. The van der Waals surface area contributed by atoms with E-state index in [0.717, 1.165) is 4.88 Å². The number of nitrogens with two attached hydrogens (primary N) is 2. The predicted molar refractivity (Wildman–Crippen MR) is 42.9 cm³/mol. The number of carbonyl (C=O) groups excluding carboxylic acids is 1. The van der Waals surface area contributed by atoms with E-state index < -0.39 is 5.91 Å². The summed E-state index contributed by atoms with van der Waals surface area (Å²) < 4.78 is 0. The first-order valence-corrected chi connectivity index (χ1v) is 3.70. The molecule has 1 amide bonds. The number of nitrogen functional groups attached to an aromatic ring is 2. The summed E-state index contributed by atoms with van der Waals surface area (Å²) in [5.41, 5.74) is 7.64. The monoisotopic (exact) mass is 172 g/mol.